The van der Waals surface area contributed by atoms with Crippen molar-refractivity contribution < 1.29 is 14.5 Å². The summed E-state index contributed by atoms with van der Waals surface area (Å²) in [4.78, 5) is 23.1. The van der Waals surface area contributed by atoms with E-state index in [9.17, 15) is 14.9 Å². The summed E-state index contributed by atoms with van der Waals surface area (Å²) in [7, 11) is 0. The maximum absolute atomic E-state index is 12.8. The van der Waals surface area contributed by atoms with Crippen LogP contribution in [-0.2, 0) is 0 Å². The molecule has 1 N–H and O–H groups in total. The fraction of sp³-hybridized carbons (Fsp3) is 0.350. The van der Waals surface area contributed by atoms with Gasteiger partial charge in [-0.3, -0.25) is 14.9 Å². The zero-order valence-electron chi connectivity index (χ0n) is 15.2. The number of nitrogens with zero attached hydrogens (tertiary/aromatic N) is 1. The van der Waals surface area contributed by atoms with Crippen molar-refractivity contribution in [2.75, 3.05) is 0 Å². The summed E-state index contributed by atoms with van der Waals surface area (Å²) in [6.45, 7) is 4.15. The van der Waals surface area contributed by atoms with Crippen LogP contribution in [-0.4, -0.2) is 16.4 Å². The molecule has 3 rings (SSSR count). The van der Waals surface area contributed by atoms with Crippen LogP contribution < -0.4 is 10.1 Å². The number of halogens is 1. The molecule has 1 aliphatic rings. The molecule has 0 aromatic heterocycles. The number of benzene rings is 2. The largest absolute Gasteiger partial charge is 0.487 e. The molecule has 0 fully saturated rings. The number of amides is 1. The lowest BCUT2D eigenvalue weighted by atomic mass is 9.83. The Hall–Kier alpha value is -2.60. The third-order valence-electron chi connectivity index (χ3n) is 5.20. The van der Waals surface area contributed by atoms with Gasteiger partial charge in [0, 0.05) is 24.1 Å². The number of para-hydroxylation sites is 1. The monoisotopic (exact) mass is 388 g/mol. The quantitative estimate of drug-likeness (QED) is 0.573. The topological polar surface area (TPSA) is 81.5 Å². The van der Waals surface area contributed by atoms with Crippen LogP contribution in [0.5, 0.6) is 5.75 Å². The molecule has 27 heavy (non-hydrogen) atoms. The molecule has 1 heterocycles. The van der Waals surface area contributed by atoms with Gasteiger partial charge < -0.3 is 10.1 Å². The first-order valence-electron chi connectivity index (χ1n) is 8.92. The predicted molar refractivity (Wildman–Crippen MR) is 103 cm³/mol. The second kappa shape index (κ2) is 7.56. The fourth-order valence-electron chi connectivity index (χ4n) is 3.47. The highest BCUT2D eigenvalue weighted by atomic mass is 35.5. The van der Waals surface area contributed by atoms with Crippen molar-refractivity contribution in [1.29, 1.82) is 0 Å². The van der Waals surface area contributed by atoms with Crippen LogP contribution in [0.4, 0.5) is 5.69 Å². The molecule has 0 bridgehead atoms. The van der Waals surface area contributed by atoms with Crippen molar-refractivity contribution in [1.82, 2.24) is 5.32 Å². The van der Waals surface area contributed by atoms with Gasteiger partial charge in [-0.15, -0.1) is 0 Å². The van der Waals surface area contributed by atoms with Gasteiger partial charge in [-0.2, -0.15) is 0 Å². The summed E-state index contributed by atoms with van der Waals surface area (Å²) in [6.07, 6.45) is 2.29. The number of carbonyl (C=O) groups excluding carboxylic acids is 1. The molecule has 0 aliphatic carbocycles. The molecule has 142 valence electrons. The number of carbonyl (C=O) groups is 1. The zero-order valence-corrected chi connectivity index (χ0v) is 16.0. The fourth-order valence-corrected chi connectivity index (χ4v) is 3.73. The average molecular weight is 389 g/mol. The van der Waals surface area contributed by atoms with E-state index in [1.165, 1.54) is 18.2 Å². The Morgan fingerprint density at radius 1 is 1.30 bits per heavy atom. The van der Waals surface area contributed by atoms with Crippen molar-refractivity contribution >= 4 is 23.2 Å². The minimum atomic E-state index is -0.543. The smallest absolute Gasteiger partial charge is 0.270 e. The normalized spacial score (nSPS) is 17.5. The van der Waals surface area contributed by atoms with Gasteiger partial charge >= 0.3 is 0 Å². The second-order valence-electron chi connectivity index (χ2n) is 6.68. The van der Waals surface area contributed by atoms with E-state index in [4.69, 9.17) is 16.3 Å². The minimum Gasteiger partial charge on any atom is -0.487 e. The predicted octanol–water partition coefficient (Wildman–Crippen LogP) is 5.06. The molecule has 7 heteroatoms. The Labute approximate surface area is 162 Å². The summed E-state index contributed by atoms with van der Waals surface area (Å²) in [5.41, 5.74) is 0.640. The molecule has 6 nitrogen and oxygen atoms in total. The first-order valence-corrected chi connectivity index (χ1v) is 9.29. The van der Waals surface area contributed by atoms with Crippen molar-refractivity contribution in [3.63, 3.8) is 0 Å². The number of nitrogens with one attached hydrogen (secondary N) is 1. The van der Waals surface area contributed by atoms with Crippen LogP contribution in [0, 0.1) is 10.1 Å². The highest BCUT2D eigenvalue weighted by Crippen LogP contribution is 2.42. The number of nitro groups is 1. The zero-order chi connectivity index (χ0) is 19.6. The van der Waals surface area contributed by atoms with Gasteiger partial charge in [0.25, 0.3) is 11.6 Å². The molecular weight excluding hydrogens is 368 g/mol. The van der Waals surface area contributed by atoms with Gasteiger partial charge in [0.15, 0.2) is 0 Å². The Morgan fingerprint density at radius 2 is 2.00 bits per heavy atom. The number of ether oxygens (including phenoxy) is 1. The molecule has 0 spiro atoms. The molecule has 1 amide bonds. The summed E-state index contributed by atoms with van der Waals surface area (Å²) in [5.74, 6) is 0.408. The second-order valence-corrected chi connectivity index (χ2v) is 7.09. The van der Waals surface area contributed by atoms with Crippen molar-refractivity contribution in [3.8, 4) is 5.75 Å². The molecule has 0 saturated carbocycles. The highest BCUT2D eigenvalue weighted by Gasteiger charge is 2.39. The number of rotatable bonds is 5. The molecule has 2 aromatic carbocycles. The van der Waals surface area contributed by atoms with Crippen LogP contribution in [0.2, 0.25) is 5.02 Å². The van der Waals surface area contributed by atoms with Gasteiger partial charge in [0.1, 0.15) is 11.4 Å². The molecule has 0 unspecified atom stereocenters. The van der Waals surface area contributed by atoms with Gasteiger partial charge in [-0.05, 0) is 25.0 Å². The van der Waals surface area contributed by atoms with Gasteiger partial charge in [0.05, 0.1) is 21.6 Å². The van der Waals surface area contributed by atoms with Crippen LogP contribution >= 0.6 is 11.6 Å². The molecule has 0 saturated heterocycles. The van der Waals surface area contributed by atoms with Gasteiger partial charge in [0.2, 0.25) is 0 Å². The van der Waals surface area contributed by atoms with Gasteiger partial charge in [-0.25, -0.2) is 0 Å². The minimum absolute atomic E-state index is 0.0549. The highest BCUT2D eigenvalue weighted by molar-refractivity contribution is 6.34. The van der Waals surface area contributed by atoms with E-state index in [-0.39, 0.29) is 33.8 Å². The number of fused-ring (bicyclic) bond motifs is 1. The van der Waals surface area contributed by atoms with Crippen molar-refractivity contribution in [3.05, 3.63) is 68.7 Å². The summed E-state index contributed by atoms with van der Waals surface area (Å²) in [6, 6.07) is 11.3. The summed E-state index contributed by atoms with van der Waals surface area (Å²) < 4.78 is 6.25. The summed E-state index contributed by atoms with van der Waals surface area (Å²) in [5, 5.41) is 13.9. The van der Waals surface area contributed by atoms with Crippen molar-refractivity contribution in [2.45, 2.75) is 44.8 Å². The van der Waals surface area contributed by atoms with Gasteiger partial charge in [-0.1, -0.05) is 43.6 Å². The average Bonchev–Trinajstić information content (AvgIpc) is 2.67. The Morgan fingerprint density at radius 3 is 2.63 bits per heavy atom. The molecule has 1 atom stereocenters. The Bertz CT molecular complexity index is 880. The Kier molecular flexibility index (Phi) is 5.37. The van der Waals surface area contributed by atoms with E-state index in [0.717, 1.165) is 24.2 Å². The third kappa shape index (κ3) is 3.76. The molecular formula is C20H21ClN2O4. The SMILES string of the molecule is CCC1(CC)C[C@@H](NC(=O)c2ccc([N+](=O)[O-])cc2Cl)c2ccccc2O1. The van der Waals surface area contributed by atoms with E-state index in [2.05, 4.69) is 19.2 Å². The molecule has 0 radical (unpaired) electrons. The lowest BCUT2D eigenvalue weighted by Crippen LogP contribution is -2.44. The lowest BCUT2D eigenvalue weighted by molar-refractivity contribution is -0.384. The number of hydrogen-bond donors (Lipinski definition) is 1. The lowest BCUT2D eigenvalue weighted by Gasteiger charge is -2.41. The van der Waals surface area contributed by atoms with E-state index < -0.39 is 4.92 Å². The number of non-ortho nitro benzene ring substituents is 1. The first-order chi connectivity index (χ1) is 12.9. The van der Waals surface area contributed by atoms with E-state index in [0.29, 0.717) is 6.42 Å². The standard InChI is InChI=1S/C20H21ClN2O4/c1-3-20(4-2)12-17(15-7-5-6-8-18(15)27-20)22-19(24)14-10-9-13(23(25)26)11-16(14)21/h5-11,17H,3-4,12H2,1-2H3,(H,22,24)/t17-/m1/s1. The van der Waals surface area contributed by atoms with E-state index in [1.807, 2.05) is 24.3 Å². The first kappa shape index (κ1) is 19.2. The third-order valence-corrected chi connectivity index (χ3v) is 5.51. The van der Waals surface area contributed by atoms with Crippen LogP contribution in [0.1, 0.15) is 55.1 Å². The maximum atomic E-state index is 12.8. The molecule has 2 aromatic rings. The number of nitro benzene ring substituents is 1. The Balaban J connectivity index is 1.90. The van der Waals surface area contributed by atoms with E-state index in [1.54, 1.807) is 0 Å². The van der Waals surface area contributed by atoms with Crippen molar-refractivity contribution in [2.24, 2.45) is 0 Å². The number of hydrogen-bond acceptors (Lipinski definition) is 4. The van der Waals surface area contributed by atoms with Crippen LogP contribution in [0.3, 0.4) is 0 Å². The molecule has 1 aliphatic heterocycles. The maximum Gasteiger partial charge on any atom is 0.270 e. The van der Waals surface area contributed by atoms with E-state index >= 15 is 0 Å². The van der Waals surface area contributed by atoms with Crippen LogP contribution in [0.15, 0.2) is 42.5 Å². The summed E-state index contributed by atoms with van der Waals surface area (Å²) >= 11 is 6.11. The van der Waals surface area contributed by atoms with Crippen LogP contribution in [0.25, 0.3) is 0 Å².